The van der Waals surface area contributed by atoms with Crippen molar-refractivity contribution < 1.29 is 80.1 Å². The molecule has 0 aliphatic carbocycles. The molecule has 0 amide bonds. The van der Waals surface area contributed by atoms with Crippen LogP contribution in [0.25, 0.3) is 0 Å². The highest BCUT2D eigenvalue weighted by molar-refractivity contribution is 5.70. The molecule has 0 aromatic carbocycles. The number of morpholine rings is 1. The minimum absolute atomic E-state index is 0.149. The lowest BCUT2D eigenvalue weighted by Crippen LogP contribution is -2.62. The predicted molar refractivity (Wildman–Crippen MR) is 82.9 cm³/mol. The van der Waals surface area contributed by atoms with Gasteiger partial charge in [0.15, 0.2) is 5.92 Å². The first-order chi connectivity index (χ1) is 15.4. The summed E-state index contributed by atoms with van der Waals surface area (Å²) >= 11 is 0. The predicted octanol–water partition coefficient (Wildman–Crippen LogP) is 5.22. The Bertz CT molecular complexity index is 696. The molecule has 4 nitrogen and oxygen atoms in total. The van der Waals surface area contributed by atoms with Crippen molar-refractivity contribution in [2.75, 3.05) is 32.8 Å². The Kier molecular flexibility index (Phi) is 9.30. The quantitative estimate of drug-likeness (QED) is 0.289. The van der Waals surface area contributed by atoms with E-state index < -0.39 is 73.7 Å². The van der Waals surface area contributed by atoms with Crippen LogP contribution in [0.1, 0.15) is 12.8 Å². The standard InChI is InChI=1S/C16H16F15NO3/c17-11(18,14(25,26)15(27,28)16(29,30)31)6-8(7-32-1-3-34-4-2-32)35-10(33)5-9(12(19,20)21)13(22,23)24/h8-9H,1-7H2. The van der Waals surface area contributed by atoms with Gasteiger partial charge in [0.25, 0.3) is 0 Å². The maximum absolute atomic E-state index is 14.0. The molecule has 0 aromatic heterocycles. The molecule has 0 N–H and O–H groups in total. The van der Waals surface area contributed by atoms with Crippen molar-refractivity contribution in [3.63, 3.8) is 0 Å². The Morgan fingerprint density at radius 3 is 1.63 bits per heavy atom. The number of hydrogen-bond acceptors (Lipinski definition) is 4. The fourth-order valence-corrected chi connectivity index (χ4v) is 2.85. The van der Waals surface area contributed by atoms with Gasteiger partial charge in [0.1, 0.15) is 6.10 Å². The van der Waals surface area contributed by atoms with Crippen molar-refractivity contribution in [3.8, 4) is 0 Å². The van der Waals surface area contributed by atoms with Gasteiger partial charge in [0.05, 0.1) is 26.1 Å². The van der Waals surface area contributed by atoms with Gasteiger partial charge >= 0.3 is 42.3 Å². The molecule has 1 saturated heterocycles. The van der Waals surface area contributed by atoms with Gasteiger partial charge < -0.3 is 9.47 Å². The van der Waals surface area contributed by atoms with Crippen LogP contribution in [0, 0.1) is 5.92 Å². The number of hydrogen-bond donors (Lipinski definition) is 0. The Hall–Kier alpha value is -1.66. The van der Waals surface area contributed by atoms with Crippen molar-refractivity contribution in [3.05, 3.63) is 0 Å². The average Bonchev–Trinajstić information content (AvgIpc) is 2.63. The van der Waals surface area contributed by atoms with E-state index in [9.17, 15) is 70.7 Å². The van der Waals surface area contributed by atoms with E-state index in [4.69, 9.17) is 4.74 Å². The number of halogens is 15. The van der Waals surface area contributed by atoms with Crippen LogP contribution in [-0.2, 0) is 14.3 Å². The first-order valence-corrected chi connectivity index (χ1v) is 9.26. The summed E-state index contributed by atoms with van der Waals surface area (Å²) in [7, 11) is 0. The molecule has 1 atom stereocenters. The molecule has 1 aliphatic rings. The van der Waals surface area contributed by atoms with Crippen LogP contribution in [0.5, 0.6) is 0 Å². The summed E-state index contributed by atoms with van der Waals surface area (Å²) in [6, 6.07) is 0. The summed E-state index contributed by atoms with van der Waals surface area (Å²) in [5.74, 6) is -27.5. The lowest BCUT2D eigenvalue weighted by molar-refractivity contribution is -0.398. The molecule has 1 unspecified atom stereocenters. The molecule has 208 valence electrons. The van der Waals surface area contributed by atoms with Gasteiger partial charge in [-0.15, -0.1) is 0 Å². The van der Waals surface area contributed by atoms with Crippen LogP contribution >= 0.6 is 0 Å². The Morgan fingerprint density at radius 2 is 1.23 bits per heavy atom. The van der Waals surface area contributed by atoms with Gasteiger partial charge in [-0.25, -0.2) is 0 Å². The lowest BCUT2D eigenvalue weighted by atomic mass is 9.97. The zero-order valence-electron chi connectivity index (χ0n) is 16.9. The Labute approximate surface area is 186 Å². The molecule has 19 heteroatoms. The maximum atomic E-state index is 14.0. The van der Waals surface area contributed by atoms with E-state index in [0.29, 0.717) is 0 Å². The number of ether oxygens (including phenoxy) is 2. The van der Waals surface area contributed by atoms with E-state index >= 15 is 0 Å². The van der Waals surface area contributed by atoms with E-state index in [-0.39, 0.29) is 26.3 Å². The summed E-state index contributed by atoms with van der Waals surface area (Å²) in [4.78, 5) is 12.6. The van der Waals surface area contributed by atoms with E-state index in [1.54, 1.807) is 0 Å². The van der Waals surface area contributed by atoms with Gasteiger partial charge in [0.2, 0.25) is 0 Å². The maximum Gasteiger partial charge on any atom is 0.460 e. The monoisotopic (exact) mass is 555 g/mol. The molecule has 1 aliphatic heterocycles. The molecule has 35 heavy (non-hydrogen) atoms. The molecular formula is C16H16F15NO3. The molecule has 1 rings (SSSR count). The van der Waals surface area contributed by atoms with E-state index in [1.807, 2.05) is 0 Å². The first kappa shape index (κ1) is 31.4. The number of rotatable bonds is 9. The van der Waals surface area contributed by atoms with Crippen LogP contribution < -0.4 is 0 Å². The average molecular weight is 555 g/mol. The van der Waals surface area contributed by atoms with Crippen molar-refractivity contribution in [2.45, 2.75) is 55.2 Å². The van der Waals surface area contributed by atoms with E-state index in [2.05, 4.69) is 4.74 Å². The normalized spacial score (nSPS) is 18.6. The lowest BCUT2D eigenvalue weighted by Gasteiger charge is -2.36. The zero-order valence-corrected chi connectivity index (χ0v) is 16.9. The second-order valence-electron chi connectivity index (χ2n) is 7.42. The van der Waals surface area contributed by atoms with E-state index in [1.165, 1.54) is 0 Å². The highest BCUT2D eigenvalue weighted by Crippen LogP contribution is 2.54. The number of esters is 1. The summed E-state index contributed by atoms with van der Waals surface area (Å²) < 4.78 is 203. The van der Waals surface area contributed by atoms with Crippen LogP contribution in [-0.4, -0.2) is 86.1 Å². The highest BCUT2D eigenvalue weighted by atomic mass is 19.4. The van der Waals surface area contributed by atoms with E-state index in [0.717, 1.165) is 4.90 Å². The molecule has 1 fully saturated rings. The van der Waals surface area contributed by atoms with Crippen LogP contribution in [0.4, 0.5) is 65.9 Å². The van der Waals surface area contributed by atoms with Gasteiger partial charge in [-0.2, -0.15) is 65.9 Å². The molecule has 0 bridgehead atoms. The van der Waals surface area contributed by atoms with Crippen LogP contribution in [0.2, 0.25) is 0 Å². The third-order valence-corrected chi connectivity index (χ3v) is 4.72. The second-order valence-corrected chi connectivity index (χ2v) is 7.42. The van der Waals surface area contributed by atoms with Crippen molar-refractivity contribution in [1.82, 2.24) is 4.90 Å². The fraction of sp³-hybridized carbons (Fsp3) is 0.938. The topological polar surface area (TPSA) is 38.8 Å². The minimum Gasteiger partial charge on any atom is -0.461 e. The fourth-order valence-electron chi connectivity index (χ4n) is 2.85. The van der Waals surface area contributed by atoms with Crippen molar-refractivity contribution >= 4 is 5.97 Å². The van der Waals surface area contributed by atoms with Crippen molar-refractivity contribution in [2.24, 2.45) is 5.92 Å². The van der Waals surface area contributed by atoms with Gasteiger partial charge in [-0.3, -0.25) is 9.69 Å². The van der Waals surface area contributed by atoms with Gasteiger partial charge in [-0.05, 0) is 0 Å². The molecule has 0 saturated carbocycles. The third kappa shape index (κ3) is 7.66. The SMILES string of the molecule is O=C(CC(C(F)(F)F)C(F)(F)F)OC(CN1CCOCC1)CC(F)(F)C(F)(F)C(F)(F)C(F)(F)F. The van der Waals surface area contributed by atoms with Crippen LogP contribution in [0.3, 0.4) is 0 Å². The third-order valence-electron chi connectivity index (χ3n) is 4.72. The smallest absolute Gasteiger partial charge is 0.460 e. The summed E-state index contributed by atoms with van der Waals surface area (Å²) in [5, 5.41) is 0. The van der Waals surface area contributed by atoms with Gasteiger partial charge in [-0.1, -0.05) is 0 Å². The number of carbonyl (C=O) groups is 1. The molecule has 0 spiro atoms. The molecule has 1 heterocycles. The molecular weight excluding hydrogens is 539 g/mol. The van der Waals surface area contributed by atoms with Crippen LogP contribution in [0.15, 0.2) is 0 Å². The summed E-state index contributed by atoms with van der Waals surface area (Å²) in [6.07, 6.45) is -27.5. The number of carbonyl (C=O) groups excluding carboxylic acids is 1. The number of alkyl halides is 15. The summed E-state index contributed by atoms with van der Waals surface area (Å²) in [6.45, 7) is -1.86. The molecule has 0 aromatic rings. The zero-order chi connectivity index (χ0) is 27.7. The first-order valence-electron chi connectivity index (χ1n) is 9.26. The molecule has 0 radical (unpaired) electrons. The largest absolute Gasteiger partial charge is 0.461 e. The number of nitrogens with zero attached hydrogens (tertiary/aromatic N) is 1. The Morgan fingerprint density at radius 1 is 0.771 bits per heavy atom. The van der Waals surface area contributed by atoms with Gasteiger partial charge in [0, 0.05) is 19.6 Å². The second kappa shape index (κ2) is 10.4. The summed E-state index contributed by atoms with van der Waals surface area (Å²) in [5.41, 5.74) is 0. The highest BCUT2D eigenvalue weighted by Gasteiger charge is 2.81. The van der Waals surface area contributed by atoms with Crippen molar-refractivity contribution in [1.29, 1.82) is 0 Å². The minimum atomic E-state index is -7.30. The Balaban J connectivity index is 3.19.